The first kappa shape index (κ1) is 39.0. The second-order valence-electron chi connectivity index (χ2n) is 11.7. The first-order valence-electron chi connectivity index (χ1n) is 16.2. The molecule has 0 radical (unpaired) electrons. The number of benzene rings is 3. The summed E-state index contributed by atoms with van der Waals surface area (Å²) >= 11 is 16.1. The zero-order chi connectivity index (χ0) is 32.9. The van der Waals surface area contributed by atoms with Gasteiger partial charge in [-0.05, 0) is 102 Å². The van der Waals surface area contributed by atoms with Gasteiger partial charge in [0.2, 0.25) is 0 Å². The molecule has 0 aromatic heterocycles. The summed E-state index contributed by atoms with van der Waals surface area (Å²) in [5, 5.41) is 4.23. The maximum Gasteiger partial charge on any atom is 0.338 e. The first-order valence-corrected chi connectivity index (χ1v) is 17.7. The van der Waals surface area contributed by atoms with E-state index in [0.29, 0.717) is 46.2 Å². The van der Waals surface area contributed by atoms with Crippen LogP contribution in [0.3, 0.4) is 0 Å². The van der Waals surface area contributed by atoms with Crippen molar-refractivity contribution in [3.8, 4) is 0 Å². The summed E-state index contributed by atoms with van der Waals surface area (Å²) in [4.78, 5) is 27.9. The Balaban J connectivity index is 0.00000600. The lowest BCUT2D eigenvalue weighted by Crippen LogP contribution is -2.36. The Labute approximate surface area is 303 Å². The number of nitrogens with one attached hydrogen (secondary N) is 1. The smallest absolute Gasteiger partial charge is 0.338 e. The van der Waals surface area contributed by atoms with Crippen molar-refractivity contribution in [2.75, 3.05) is 30.8 Å². The second-order valence-corrected chi connectivity index (χ2v) is 13.4. The maximum absolute atomic E-state index is 12.9. The lowest BCUT2D eigenvalue weighted by molar-refractivity contribution is -0.142. The molecule has 1 aliphatic rings. The third-order valence-corrected chi connectivity index (χ3v) is 9.72. The van der Waals surface area contributed by atoms with Crippen LogP contribution < -0.4 is 11.1 Å². The average molecular weight is 770 g/mol. The Morgan fingerprint density at radius 3 is 2.26 bits per heavy atom. The van der Waals surface area contributed by atoms with Crippen LogP contribution in [-0.4, -0.2) is 42.6 Å². The van der Waals surface area contributed by atoms with E-state index in [9.17, 15) is 9.59 Å². The van der Waals surface area contributed by atoms with Gasteiger partial charge in [-0.15, -0.1) is 12.4 Å². The van der Waals surface area contributed by atoms with Crippen LogP contribution in [0.1, 0.15) is 86.2 Å². The SMILES string of the molecule is CCN(Cc1cc(C(=O)OCCCCCCOC(=O)Cc2ccccc2Nc2c(Cl)cccc2Cl)cc(Br)c1N)C1CCCCC1.Cl. The molecule has 0 spiro atoms. The fraction of sp³-hybridized carbons (Fsp3) is 0.444. The van der Waals surface area contributed by atoms with E-state index in [1.807, 2.05) is 30.3 Å². The lowest BCUT2D eigenvalue weighted by Gasteiger charge is -2.34. The molecule has 0 saturated heterocycles. The second kappa shape index (κ2) is 20.1. The topological polar surface area (TPSA) is 93.9 Å². The van der Waals surface area contributed by atoms with Crippen LogP contribution in [-0.2, 0) is 27.2 Å². The van der Waals surface area contributed by atoms with Gasteiger partial charge in [0.25, 0.3) is 0 Å². The minimum atomic E-state index is -0.344. The summed E-state index contributed by atoms with van der Waals surface area (Å²) in [7, 11) is 0. The molecule has 0 unspecified atom stereocenters. The van der Waals surface area contributed by atoms with Crippen molar-refractivity contribution >= 4 is 80.5 Å². The van der Waals surface area contributed by atoms with E-state index in [0.717, 1.165) is 60.1 Å². The van der Waals surface area contributed by atoms with Crippen LogP contribution in [0.4, 0.5) is 17.1 Å². The third-order valence-electron chi connectivity index (χ3n) is 8.43. The summed E-state index contributed by atoms with van der Waals surface area (Å²) in [6, 6.07) is 17.0. The van der Waals surface area contributed by atoms with E-state index in [1.54, 1.807) is 24.3 Å². The quantitative estimate of drug-likeness (QED) is 0.0851. The molecule has 7 nitrogen and oxygen atoms in total. The molecule has 0 aliphatic heterocycles. The minimum Gasteiger partial charge on any atom is -0.465 e. The highest BCUT2D eigenvalue weighted by molar-refractivity contribution is 9.10. The number of nitrogens with zero attached hydrogens (tertiary/aromatic N) is 1. The molecule has 0 bridgehead atoms. The van der Waals surface area contributed by atoms with E-state index in [4.69, 9.17) is 38.4 Å². The number of halogens is 4. The molecule has 0 amide bonds. The molecule has 4 rings (SSSR count). The highest BCUT2D eigenvalue weighted by Gasteiger charge is 2.22. The summed E-state index contributed by atoms with van der Waals surface area (Å²) in [5.41, 5.74) is 10.7. The predicted octanol–water partition coefficient (Wildman–Crippen LogP) is 10.2. The molecule has 47 heavy (non-hydrogen) atoms. The van der Waals surface area contributed by atoms with E-state index in [2.05, 4.69) is 33.1 Å². The molecule has 256 valence electrons. The number of nitrogen functional groups attached to an aromatic ring is 1. The average Bonchev–Trinajstić information content (AvgIpc) is 3.05. The molecule has 1 saturated carbocycles. The van der Waals surface area contributed by atoms with Crippen molar-refractivity contribution < 1.29 is 19.1 Å². The Bertz CT molecular complexity index is 1450. The number of para-hydroxylation sites is 2. The number of carbonyl (C=O) groups is 2. The van der Waals surface area contributed by atoms with Gasteiger partial charge >= 0.3 is 11.9 Å². The molecule has 0 atom stereocenters. The number of hydrogen-bond acceptors (Lipinski definition) is 7. The van der Waals surface area contributed by atoms with Crippen LogP contribution >= 0.6 is 51.5 Å². The van der Waals surface area contributed by atoms with Gasteiger partial charge in [-0.25, -0.2) is 4.79 Å². The van der Waals surface area contributed by atoms with E-state index >= 15 is 0 Å². The number of esters is 2. The molecule has 3 aromatic carbocycles. The number of rotatable bonds is 16. The van der Waals surface area contributed by atoms with Gasteiger partial charge in [-0.1, -0.05) is 73.7 Å². The molecule has 0 heterocycles. The van der Waals surface area contributed by atoms with Crippen LogP contribution in [0.2, 0.25) is 10.0 Å². The van der Waals surface area contributed by atoms with Crippen molar-refractivity contribution in [3.63, 3.8) is 0 Å². The number of carbonyl (C=O) groups excluding carboxylic acids is 2. The molecule has 1 fully saturated rings. The van der Waals surface area contributed by atoms with Gasteiger partial charge in [0.15, 0.2) is 0 Å². The van der Waals surface area contributed by atoms with Gasteiger partial charge in [0.1, 0.15) is 0 Å². The van der Waals surface area contributed by atoms with E-state index in [-0.39, 0.29) is 30.8 Å². The third kappa shape index (κ3) is 11.9. The Kier molecular flexibility index (Phi) is 16.7. The monoisotopic (exact) mass is 767 g/mol. The predicted molar refractivity (Wildman–Crippen MR) is 198 cm³/mol. The lowest BCUT2D eigenvalue weighted by atomic mass is 9.93. The summed E-state index contributed by atoms with van der Waals surface area (Å²) < 4.78 is 11.8. The summed E-state index contributed by atoms with van der Waals surface area (Å²) in [6.07, 6.45) is 9.60. The largest absolute Gasteiger partial charge is 0.465 e. The van der Waals surface area contributed by atoms with Crippen LogP contribution in [0.15, 0.2) is 59.1 Å². The van der Waals surface area contributed by atoms with Gasteiger partial charge in [-0.3, -0.25) is 9.69 Å². The number of hydrogen-bond donors (Lipinski definition) is 2. The van der Waals surface area contributed by atoms with Crippen molar-refractivity contribution in [2.24, 2.45) is 0 Å². The molecular weight excluding hydrogens is 725 g/mol. The zero-order valence-corrected chi connectivity index (χ0v) is 30.8. The molecular formula is C36H45BrCl3N3O4. The number of ether oxygens (including phenoxy) is 2. The Hall–Kier alpha value is -2.49. The van der Waals surface area contributed by atoms with Crippen LogP contribution in [0, 0.1) is 0 Å². The van der Waals surface area contributed by atoms with E-state index < -0.39 is 0 Å². The van der Waals surface area contributed by atoms with Crippen molar-refractivity contribution in [3.05, 3.63) is 85.8 Å². The molecule has 3 N–H and O–H groups in total. The number of nitrogens with two attached hydrogens (primary N) is 1. The standard InChI is InChI=1S/C36H44BrCl2N3O4.ClH/c1-2-42(28-14-6-5-7-15-28)24-27-21-26(22-29(37)34(27)40)36(44)46-20-11-4-3-10-19-45-33(43)23-25-13-8-9-18-32(25)41-35-30(38)16-12-17-31(35)39;/h8-9,12-13,16-18,21-22,28,41H,2-7,10-11,14-15,19-20,23-24,40H2,1H3;1H. The van der Waals surface area contributed by atoms with Crippen molar-refractivity contribution in [1.29, 1.82) is 0 Å². The fourth-order valence-corrected chi connectivity index (χ4v) is 6.83. The number of anilines is 3. The summed E-state index contributed by atoms with van der Waals surface area (Å²) in [5.74, 6) is -0.647. The van der Waals surface area contributed by atoms with Gasteiger partial charge in [0, 0.05) is 22.7 Å². The highest BCUT2D eigenvalue weighted by Crippen LogP contribution is 2.34. The van der Waals surface area contributed by atoms with Crippen molar-refractivity contribution in [2.45, 2.75) is 83.7 Å². The van der Waals surface area contributed by atoms with Gasteiger partial charge in [0.05, 0.1) is 46.6 Å². The first-order chi connectivity index (χ1) is 22.3. The highest BCUT2D eigenvalue weighted by atomic mass is 79.9. The Morgan fingerprint density at radius 1 is 0.915 bits per heavy atom. The summed E-state index contributed by atoms with van der Waals surface area (Å²) in [6.45, 7) is 4.51. The maximum atomic E-state index is 12.9. The van der Waals surface area contributed by atoms with Crippen molar-refractivity contribution in [1.82, 2.24) is 4.90 Å². The van der Waals surface area contributed by atoms with E-state index in [1.165, 1.54) is 32.1 Å². The zero-order valence-electron chi connectivity index (χ0n) is 26.9. The normalized spacial score (nSPS) is 13.2. The number of unbranched alkanes of at least 4 members (excludes halogenated alkanes) is 3. The molecule has 3 aromatic rings. The minimum absolute atomic E-state index is 0. The Morgan fingerprint density at radius 2 is 1.57 bits per heavy atom. The van der Waals surface area contributed by atoms with Crippen LogP contribution in [0.5, 0.6) is 0 Å². The van der Waals surface area contributed by atoms with Gasteiger partial charge < -0.3 is 20.5 Å². The fourth-order valence-electron chi connectivity index (χ4n) is 5.83. The van der Waals surface area contributed by atoms with Gasteiger partial charge in [-0.2, -0.15) is 0 Å². The molecule has 11 heteroatoms. The molecule has 1 aliphatic carbocycles. The van der Waals surface area contributed by atoms with Crippen LogP contribution in [0.25, 0.3) is 0 Å².